The molecule has 0 aliphatic heterocycles. The van der Waals surface area contributed by atoms with Crippen LogP contribution in [0.2, 0.25) is 0 Å². The van der Waals surface area contributed by atoms with Crippen LogP contribution in [0.15, 0.2) is 6.20 Å². The van der Waals surface area contributed by atoms with Gasteiger partial charge in [-0.25, -0.2) is 9.97 Å². The van der Waals surface area contributed by atoms with Crippen molar-refractivity contribution in [2.45, 2.75) is 44.1 Å². The Balaban J connectivity index is 0.000000640. The summed E-state index contributed by atoms with van der Waals surface area (Å²) in [6.07, 6.45) is 8.78. The minimum absolute atomic E-state index is 0. The van der Waals surface area contributed by atoms with Gasteiger partial charge >= 0.3 is 0 Å². The molecule has 0 atom stereocenters. The van der Waals surface area contributed by atoms with Crippen molar-refractivity contribution in [3.8, 4) is 0 Å². The molecule has 1 fully saturated rings. The van der Waals surface area contributed by atoms with Gasteiger partial charge in [-0.1, -0.05) is 0 Å². The van der Waals surface area contributed by atoms with Crippen molar-refractivity contribution in [3.05, 3.63) is 23.3 Å². The molecule has 16 heavy (non-hydrogen) atoms. The number of aromatic nitrogens is 2. The quantitative estimate of drug-likeness (QED) is 0.843. The molecule has 5 heteroatoms. The average molecular weight is 262 g/mol. The molecule has 90 valence electrons. The number of nitrogens with two attached hydrogens (primary N) is 1. The summed E-state index contributed by atoms with van der Waals surface area (Å²) in [7, 11) is 0. The number of nitrogens with zero attached hydrogens (tertiary/aromatic N) is 2. The fourth-order valence-corrected chi connectivity index (χ4v) is 2.33. The molecule has 0 bridgehead atoms. The molecule has 2 aliphatic carbocycles. The Morgan fingerprint density at radius 2 is 1.88 bits per heavy atom. The number of halogens is 2. The summed E-state index contributed by atoms with van der Waals surface area (Å²) in [5.74, 6) is 0.879. The summed E-state index contributed by atoms with van der Waals surface area (Å²) in [4.78, 5) is 9.02. The Kier molecular flexibility index (Phi) is 4.16. The first-order valence-corrected chi connectivity index (χ1v) is 5.42. The first kappa shape index (κ1) is 13.7. The molecule has 1 aromatic heterocycles. The van der Waals surface area contributed by atoms with E-state index in [2.05, 4.69) is 9.97 Å². The van der Waals surface area contributed by atoms with E-state index in [0.29, 0.717) is 0 Å². The van der Waals surface area contributed by atoms with Crippen molar-refractivity contribution in [1.29, 1.82) is 0 Å². The van der Waals surface area contributed by atoms with Gasteiger partial charge in [-0.15, -0.1) is 24.8 Å². The Hall–Kier alpha value is -0.380. The maximum atomic E-state index is 6.19. The molecule has 0 aromatic carbocycles. The van der Waals surface area contributed by atoms with Crippen LogP contribution < -0.4 is 5.73 Å². The lowest BCUT2D eigenvalue weighted by molar-refractivity contribution is 0.237. The third-order valence-corrected chi connectivity index (χ3v) is 3.51. The first-order chi connectivity index (χ1) is 6.78. The lowest BCUT2D eigenvalue weighted by Crippen LogP contribution is -2.45. The average Bonchev–Trinajstić information content (AvgIpc) is 2.60. The van der Waals surface area contributed by atoms with Crippen LogP contribution in [0.25, 0.3) is 0 Å². The molecule has 1 saturated carbocycles. The summed E-state index contributed by atoms with van der Waals surface area (Å²) in [5.41, 5.74) is 8.57. The van der Waals surface area contributed by atoms with Gasteiger partial charge in [-0.05, 0) is 44.1 Å². The molecule has 0 unspecified atom stereocenters. The van der Waals surface area contributed by atoms with E-state index in [-0.39, 0.29) is 30.4 Å². The van der Waals surface area contributed by atoms with E-state index in [9.17, 15) is 0 Å². The molecule has 0 spiro atoms. The van der Waals surface area contributed by atoms with E-state index >= 15 is 0 Å². The Morgan fingerprint density at radius 1 is 1.12 bits per heavy atom. The summed E-state index contributed by atoms with van der Waals surface area (Å²) in [6.45, 7) is 0. The normalized spacial score (nSPS) is 20.1. The predicted molar refractivity (Wildman–Crippen MR) is 68.3 cm³/mol. The second kappa shape index (κ2) is 4.86. The maximum absolute atomic E-state index is 6.19. The van der Waals surface area contributed by atoms with Crippen molar-refractivity contribution in [3.63, 3.8) is 0 Å². The lowest BCUT2D eigenvalue weighted by atomic mass is 9.77. The minimum Gasteiger partial charge on any atom is -0.319 e. The Bertz CT molecular complexity index is 377. The van der Waals surface area contributed by atoms with E-state index in [1.54, 1.807) is 0 Å². The van der Waals surface area contributed by atoms with Crippen LogP contribution >= 0.6 is 24.8 Å². The maximum Gasteiger partial charge on any atom is 0.148 e. The van der Waals surface area contributed by atoms with Crippen molar-refractivity contribution in [1.82, 2.24) is 9.97 Å². The van der Waals surface area contributed by atoms with Gasteiger partial charge in [0, 0.05) is 11.9 Å². The largest absolute Gasteiger partial charge is 0.319 e. The van der Waals surface area contributed by atoms with E-state index in [0.717, 1.165) is 31.5 Å². The molecule has 3 rings (SSSR count). The van der Waals surface area contributed by atoms with Crippen LogP contribution in [-0.4, -0.2) is 9.97 Å². The highest BCUT2D eigenvalue weighted by Gasteiger charge is 2.37. The summed E-state index contributed by atoms with van der Waals surface area (Å²) < 4.78 is 0. The third-order valence-electron chi connectivity index (χ3n) is 3.51. The van der Waals surface area contributed by atoms with Crippen molar-refractivity contribution in [2.75, 3.05) is 0 Å². The molecule has 0 saturated heterocycles. The van der Waals surface area contributed by atoms with Crippen LogP contribution in [0.4, 0.5) is 0 Å². The van der Waals surface area contributed by atoms with Gasteiger partial charge in [-0.3, -0.25) is 0 Å². The lowest BCUT2D eigenvalue weighted by Gasteiger charge is -2.36. The Labute approximate surface area is 108 Å². The molecular formula is C11H17Cl2N3. The van der Waals surface area contributed by atoms with Crippen LogP contribution in [0.3, 0.4) is 0 Å². The fraction of sp³-hybridized carbons (Fsp3) is 0.636. The highest BCUT2D eigenvalue weighted by atomic mass is 35.5. The number of hydrogen-bond acceptors (Lipinski definition) is 3. The zero-order valence-electron chi connectivity index (χ0n) is 9.11. The van der Waals surface area contributed by atoms with Crippen molar-refractivity contribution >= 4 is 24.8 Å². The predicted octanol–water partition coefficient (Wildman–Crippen LogP) is 2.15. The van der Waals surface area contributed by atoms with Crippen LogP contribution in [0.5, 0.6) is 0 Å². The van der Waals surface area contributed by atoms with Crippen molar-refractivity contribution < 1.29 is 0 Å². The number of rotatable bonds is 1. The molecular weight excluding hydrogens is 245 g/mol. The van der Waals surface area contributed by atoms with Crippen molar-refractivity contribution in [2.24, 2.45) is 5.73 Å². The standard InChI is InChI=1S/C11H15N3.2ClH/c12-11(5-2-6-11)10-13-7-8-3-1-4-9(8)14-10;;/h7H,1-6,12H2;2*1H. The zero-order valence-corrected chi connectivity index (χ0v) is 10.7. The smallest absolute Gasteiger partial charge is 0.148 e. The zero-order chi connectivity index (χ0) is 9.60. The molecule has 0 radical (unpaired) electrons. The van der Waals surface area contributed by atoms with Gasteiger partial charge in [0.1, 0.15) is 5.82 Å². The molecule has 0 amide bonds. The monoisotopic (exact) mass is 261 g/mol. The molecule has 3 nitrogen and oxygen atoms in total. The van der Waals surface area contributed by atoms with Gasteiger partial charge in [0.25, 0.3) is 0 Å². The second-order valence-corrected chi connectivity index (χ2v) is 4.53. The first-order valence-electron chi connectivity index (χ1n) is 5.42. The number of aryl methyl sites for hydroxylation is 2. The second-order valence-electron chi connectivity index (χ2n) is 4.53. The summed E-state index contributed by atoms with van der Waals surface area (Å²) >= 11 is 0. The van der Waals surface area contributed by atoms with E-state index in [1.165, 1.54) is 24.1 Å². The van der Waals surface area contributed by atoms with Gasteiger partial charge in [0.2, 0.25) is 0 Å². The molecule has 2 aliphatic rings. The van der Waals surface area contributed by atoms with Crippen LogP contribution in [0, 0.1) is 0 Å². The fourth-order valence-electron chi connectivity index (χ4n) is 2.33. The summed E-state index contributed by atoms with van der Waals surface area (Å²) in [5, 5.41) is 0. The highest BCUT2D eigenvalue weighted by molar-refractivity contribution is 5.85. The van der Waals surface area contributed by atoms with Gasteiger partial charge in [0.05, 0.1) is 5.54 Å². The van der Waals surface area contributed by atoms with Gasteiger partial charge in [-0.2, -0.15) is 0 Å². The SMILES string of the molecule is Cl.Cl.NC1(c2ncc3c(n2)CCC3)CCC1. The molecule has 2 N–H and O–H groups in total. The molecule has 1 heterocycles. The number of fused-ring (bicyclic) bond motifs is 1. The van der Waals surface area contributed by atoms with Gasteiger partial charge < -0.3 is 5.73 Å². The van der Waals surface area contributed by atoms with Crippen LogP contribution in [-0.2, 0) is 18.4 Å². The topological polar surface area (TPSA) is 51.8 Å². The minimum atomic E-state index is -0.197. The molecule has 1 aromatic rings. The highest BCUT2D eigenvalue weighted by Crippen LogP contribution is 2.37. The van der Waals surface area contributed by atoms with E-state index < -0.39 is 0 Å². The number of hydrogen-bond donors (Lipinski definition) is 1. The van der Waals surface area contributed by atoms with E-state index in [4.69, 9.17) is 5.73 Å². The third kappa shape index (κ3) is 2.04. The van der Waals surface area contributed by atoms with Gasteiger partial charge in [0.15, 0.2) is 0 Å². The Morgan fingerprint density at radius 3 is 2.50 bits per heavy atom. The summed E-state index contributed by atoms with van der Waals surface area (Å²) in [6, 6.07) is 0. The van der Waals surface area contributed by atoms with E-state index in [1.807, 2.05) is 6.20 Å². The van der Waals surface area contributed by atoms with Crippen LogP contribution in [0.1, 0.15) is 42.8 Å².